The summed E-state index contributed by atoms with van der Waals surface area (Å²) in [6.07, 6.45) is 0.509. The van der Waals surface area contributed by atoms with Crippen LogP contribution in [0.15, 0.2) is 18.2 Å². The van der Waals surface area contributed by atoms with E-state index >= 15 is 0 Å². The molecule has 8 nitrogen and oxygen atoms in total. The number of aryl methyl sites for hydroxylation is 1. The molecular formula is C18H23N5O3. The zero-order valence-electron chi connectivity index (χ0n) is 15.1. The van der Waals surface area contributed by atoms with Crippen molar-refractivity contribution < 1.29 is 14.3 Å². The summed E-state index contributed by atoms with van der Waals surface area (Å²) in [4.78, 5) is 19.1. The lowest BCUT2D eigenvalue weighted by molar-refractivity contribution is -0.128. The second-order valence-corrected chi connectivity index (χ2v) is 6.45. The molecule has 0 spiro atoms. The number of carbonyl (C=O) groups is 1. The maximum absolute atomic E-state index is 12.4. The maximum atomic E-state index is 12.4. The molecule has 1 aromatic heterocycles. The van der Waals surface area contributed by atoms with E-state index in [2.05, 4.69) is 27.2 Å². The number of carbonyl (C=O) groups excluding carboxylic acids is 1. The molecule has 0 aliphatic carbocycles. The minimum atomic E-state index is -0.228. The van der Waals surface area contributed by atoms with Gasteiger partial charge in [0.05, 0.1) is 11.7 Å². The molecule has 2 aromatic rings. The number of piperazine rings is 1. The largest absolute Gasteiger partial charge is 0.486 e. The minimum Gasteiger partial charge on any atom is -0.486 e. The Balaban J connectivity index is 1.65. The summed E-state index contributed by atoms with van der Waals surface area (Å²) in [5.74, 6) is 2.93. The quantitative estimate of drug-likeness (QED) is 0.868. The Hall–Kier alpha value is -2.61. The molecule has 0 bridgehead atoms. The van der Waals surface area contributed by atoms with Crippen molar-refractivity contribution in [3.63, 3.8) is 0 Å². The highest BCUT2D eigenvalue weighted by Gasteiger charge is 2.30. The van der Waals surface area contributed by atoms with Crippen LogP contribution in [0.25, 0.3) is 5.69 Å². The van der Waals surface area contributed by atoms with Gasteiger partial charge < -0.3 is 14.8 Å². The first-order chi connectivity index (χ1) is 12.7. The van der Waals surface area contributed by atoms with Gasteiger partial charge in [-0.25, -0.2) is 9.67 Å². The van der Waals surface area contributed by atoms with Crippen LogP contribution >= 0.6 is 0 Å². The Kier molecular flexibility index (Phi) is 4.50. The third-order valence-electron chi connectivity index (χ3n) is 4.77. The number of aromatic nitrogens is 3. The third kappa shape index (κ3) is 3.12. The van der Waals surface area contributed by atoms with Gasteiger partial charge in [-0.05, 0) is 25.6 Å². The van der Waals surface area contributed by atoms with Crippen LogP contribution in [0.2, 0.25) is 0 Å². The number of amides is 1. The average molecular weight is 357 g/mol. The highest BCUT2D eigenvalue weighted by Crippen LogP contribution is 2.32. The number of benzene rings is 1. The molecule has 3 heterocycles. The second-order valence-electron chi connectivity index (χ2n) is 6.45. The molecule has 0 unspecified atom stereocenters. The molecule has 1 aromatic carbocycles. The number of rotatable bonds is 4. The second kappa shape index (κ2) is 6.95. The molecule has 26 heavy (non-hydrogen) atoms. The van der Waals surface area contributed by atoms with Crippen molar-refractivity contribution in [3.05, 3.63) is 29.8 Å². The van der Waals surface area contributed by atoms with Crippen molar-refractivity contribution in [1.82, 2.24) is 25.0 Å². The van der Waals surface area contributed by atoms with Gasteiger partial charge in [0, 0.05) is 25.6 Å². The number of nitrogens with one attached hydrogen (secondary N) is 1. The fourth-order valence-corrected chi connectivity index (χ4v) is 3.50. The molecule has 0 saturated carbocycles. The fraction of sp³-hybridized carbons (Fsp3) is 0.500. The first-order valence-electron chi connectivity index (χ1n) is 9.00. The molecular weight excluding hydrogens is 334 g/mol. The van der Waals surface area contributed by atoms with Crippen LogP contribution in [0.1, 0.15) is 18.6 Å². The van der Waals surface area contributed by atoms with Crippen molar-refractivity contribution in [2.75, 3.05) is 32.8 Å². The number of likely N-dealkylation sites (N-methyl/N-ethyl adjacent to an activating group) is 1. The van der Waals surface area contributed by atoms with Crippen LogP contribution in [0, 0.1) is 6.92 Å². The minimum absolute atomic E-state index is 0.0486. The fourth-order valence-electron chi connectivity index (χ4n) is 3.50. The van der Waals surface area contributed by atoms with E-state index in [0.29, 0.717) is 37.8 Å². The predicted molar refractivity (Wildman–Crippen MR) is 94.8 cm³/mol. The van der Waals surface area contributed by atoms with Gasteiger partial charge in [0.25, 0.3) is 0 Å². The summed E-state index contributed by atoms with van der Waals surface area (Å²) in [5, 5.41) is 7.48. The summed E-state index contributed by atoms with van der Waals surface area (Å²) >= 11 is 0. The molecule has 1 fully saturated rings. The molecule has 2 aliphatic rings. The van der Waals surface area contributed by atoms with Gasteiger partial charge in [-0.3, -0.25) is 9.69 Å². The molecule has 2 aliphatic heterocycles. The number of hydrogen-bond donors (Lipinski definition) is 1. The van der Waals surface area contributed by atoms with E-state index in [4.69, 9.17) is 9.47 Å². The Morgan fingerprint density at radius 2 is 2.08 bits per heavy atom. The normalized spacial score (nSPS) is 20.1. The zero-order chi connectivity index (χ0) is 18.1. The van der Waals surface area contributed by atoms with Crippen molar-refractivity contribution >= 4 is 5.91 Å². The Morgan fingerprint density at radius 3 is 2.88 bits per heavy atom. The smallest absolute Gasteiger partial charge is 0.237 e. The number of ether oxygens (including phenoxy) is 2. The maximum Gasteiger partial charge on any atom is 0.237 e. The van der Waals surface area contributed by atoms with Gasteiger partial charge in [0.2, 0.25) is 5.91 Å². The highest BCUT2D eigenvalue weighted by molar-refractivity contribution is 5.82. The third-order valence-corrected chi connectivity index (χ3v) is 4.77. The van der Waals surface area contributed by atoms with Crippen LogP contribution < -0.4 is 14.8 Å². The van der Waals surface area contributed by atoms with Crippen molar-refractivity contribution in [2.24, 2.45) is 0 Å². The summed E-state index contributed by atoms with van der Waals surface area (Å²) in [5.41, 5.74) is 0.851. The van der Waals surface area contributed by atoms with Gasteiger partial charge in [-0.15, -0.1) is 0 Å². The van der Waals surface area contributed by atoms with E-state index in [9.17, 15) is 4.79 Å². The van der Waals surface area contributed by atoms with Crippen LogP contribution in [0.5, 0.6) is 11.5 Å². The van der Waals surface area contributed by atoms with Gasteiger partial charge in [-0.1, -0.05) is 6.92 Å². The number of fused-ring (bicyclic) bond motifs is 1. The molecule has 138 valence electrons. The Morgan fingerprint density at radius 1 is 1.27 bits per heavy atom. The van der Waals surface area contributed by atoms with Gasteiger partial charge in [0.15, 0.2) is 11.5 Å². The highest BCUT2D eigenvalue weighted by atomic mass is 16.6. The molecule has 4 rings (SSSR count). The van der Waals surface area contributed by atoms with Crippen LogP contribution in [0.3, 0.4) is 0 Å². The molecule has 1 amide bonds. The molecule has 1 saturated heterocycles. The van der Waals surface area contributed by atoms with Crippen LogP contribution in [-0.4, -0.2) is 64.5 Å². The number of nitrogens with zero attached hydrogens (tertiary/aromatic N) is 4. The predicted octanol–water partition coefficient (Wildman–Crippen LogP) is 0.710. The van der Waals surface area contributed by atoms with Gasteiger partial charge in [-0.2, -0.15) is 5.10 Å². The molecule has 1 N–H and O–H groups in total. The van der Waals surface area contributed by atoms with Gasteiger partial charge >= 0.3 is 0 Å². The lowest BCUT2D eigenvalue weighted by Gasteiger charge is -2.33. The Labute approximate surface area is 152 Å². The first kappa shape index (κ1) is 16.8. The van der Waals surface area contributed by atoms with Crippen LogP contribution in [0.4, 0.5) is 0 Å². The van der Waals surface area contributed by atoms with Crippen molar-refractivity contribution in [3.8, 4) is 17.2 Å². The van der Waals surface area contributed by atoms with Crippen molar-refractivity contribution in [2.45, 2.75) is 26.3 Å². The number of hydrogen-bond acceptors (Lipinski definition) is 6. The summed E-state index contributed by atoms with van der Waals surface area (Å²) in [6.45, 7) is 7.40. The van der Waals surface area contributed by atoms with Gasteiger partial charge in [0.1, 0.15) is 24.9 Å². The lowest BCUT2D eigenvalue weighted by atomic mass is 10.1. The lowest BCUT2D eigenvalue weighted by Crippen LogP contribution is -2.56. The molecule has 1 atom stereocenters. The molecule has 8 heteroatoms. The van der Waals surface area contributed by atoms with E-state index in [0.717, 1.165) is 30.4 Å². The van der Waals surface area contributed by atoms with E-state index < -0.39 is 0 Å². The van der Waals surface area contributed by atoms with E-state index in [1.54, 1.807) is 4.68 Å². The SMILES string of the molecule is CCN1CCNC(=O)[C@@H]1Cc1nc(C)nn1-c1ccc2c(c1)OCCO2. The molecule has 0 radical (unpaired) electrons. The van der Waals surface area contributed by atoms with E-state index in [1.807, 2.05) is 25.1 Å². The zero-order valence-corrected chi connectivity index (χ0v) is 15.1. The topological polar surface area (TPSA) is 81.5 Å². The monoisotopic (exact) mass is 357 g/mol. The first-order valence-corrected chi connectivity index (χ1v) is 9.00. The Bertz CT molecular complexity index is 819. The van der Waals surface area contributed by atoms with Crippen LogP contribution in [-0.2, 0) is 11.2 Å². The average Bonchev–Trinajstić information content (AvgIpc) is 3.03. The summed E-state index contributed by atoms with van der Waals surface area (Å²) in [6, 6.07) is 5.50. The van der Waals surface area contributed by atoms with E-state index in [-0.39, 0.29) is 11.9 Å². The standard InChI is InChI=1S/C18H23N5O3/c1-3-22-7-6-19-18(24)14(22)11-17-20-12(2)21-23(17)13-4-5-15-16(10-13)26-9-8-25-15/h4-5,10,14H,3,6-9,11H2,1-2H3,(H,19,24)/t14-/m0/s1. The summed E-state index contributed by atoms with van der Waals surface area (Å²) < 4.78 is 13.1. The van der Waals surface area contributed by atoms with E-state index in [1.165, 1.54) is 0 Å². The van der Waals surface area contributed by atoms with Crippen molar-refractivity contribution in [1.29, 1.82) is 0 Å². The summed E-state index contributed by atoms with van der Waals surface area (Å²) in [7, 11) is 0.